The van der Waals surface area contributed by atoms with E-state index in [0.717, 1.165) is 47.6 Å². The molecule has 1 aliphatic heterocycles. The first kappa shape index (κ1) is 16.0. The second-order valence-electron chi connectivity index (χ2n) is 5.87. The van der Waals surface area contributed by atoms with Gasteiger partial charge in [-0.25, -0.2) is 0 Å². The largest absolute Gasteiger partial charge is 0.352 e. The molecule has 0 saturated carbocycles. The molecule has 0 radical (unpaired) electrons. The van der Waals surface area contributed by atoms with E-state index in [-0.39, 0.29) is 5.91 Å². The molecule has 1 aliphatic rings. The number of carbonyl (C=O) groups excluding carboxylic acids is 1. The summed E-state index contributed by atoms with van der Waals surface area (Å²) in [5, 5.41) is 7.13. The number of hydrogen-bond donors (Lipinski definition) is 2. The fraction of sp³-hybridized carbons (Fsp3) is 0.316. The van der Waals surface area contributed by atoms with Crippen molar-refractivity contribution >= 4 is 17.5 Å². The van der Waals surface area contributed by atoms with Gasteiger partial charge >= 0.3 is 0 Å². The van der Waals surface area contributed by atoms with E-state index in [1.54, 1.807) is 0 Å². The van der Waals surface area contributed by atoms with Gasteiger partial charge in [0.05, 0.1) is 0 Å². The van der Waals surface area contributed by atoms with Gasteiger partial charge in [0.25, 0.3) is 5.91 Å². The summed E-state index contributed by atoms with van der Waals surface area (Å²) < 4.78 is 0. The summed E-state index contributed by atoms with van der Waals surface area (Å²) in [4.78, 5) is 12.5. The molecule has 4 heteroatoms. The van der Waals surface area contributed by atoms with Gasteiger partial charge in [-0.15, -0.1) is 0 Å². The van der Waals surface area contributed by atoms with E-state index in [1.165, 1.54) is 0 Å². The van der Waals surface area contributed by atoms with Gasteiger partial charge in [0.1, 0.15) is 0 Å². The molecule has 1 saturated heterocycles. The van der Waals surface area contributed by atoms with Crippen molar-refractivity contribution in [3.63, 3.8) is 0 Å². The lowest BCUT2D eigenvalue weighted by Crippen LogP contribution is -2.27. The number of carbonyl (C=O) groups is 1. The second-order valence-corrected chi connectivity index (χ2v) is 6.28. The zero-order valence-electron chi connectivity index (χ0n) is 13.0. The van der Waals surface area contributed by atoms with E-state index in [2.05, 4.69) is 16.7 Å². The van der Waals surface area contributed by atoms with Gasteiger partial charge in [-0.3, -0.25) is 4.79 Å². The normalized spacial score (nSPS) is 17.2. The lowest BCUT2D eigenvalue weighted by Gasteiger charge is -2.14. The molecule has 0 aromatic heterocycles. The second kappa shape index (κ2) is 7.62. The number of rotatable bonds is 5. The van der Waals surface area contributed by atoms with Crippen LogP contribution < -0.4 is 10.6 Å². The summed E-state index contributed by atoms with van der Waals surface area (Å²) >= 11 is 6.15. The highest BCUT2D eigenvalue weighted by molar-refractivity contribution is 6.31. The van der Waals surface area contributed by atoms with Crippen LogP contribution in [0.15, 0.2) is 48.5 Å². The van der Waals surface area contributed by atoms with Crippen LogP contribution in [-0.2, 0) is 6.42 Å². The number of amides is 1. The summed E-state index contributed by atoms with van der Waals surface area (Å²) in [6, 6.07) is 15.7. The van der Waals surface area contributed by atoms with Gasteiger partial charge in [-0.05, 0) is 48.6 Å². The van der Waals surface area contributed by atoms with Crippen molar-refractivity contribution in [2.45, 2.75) is 18.8 Å². The van der Waals surface area contributed by atoms with Gasteiger partial charge in [0, 0.05) is 23.7 Å². The van der Waals surface area contributed by atoms with E-state index >= 15 is 0 Å². The summed E-state index contributed by atoms with van der Waals surface area (Å²) in [7, 11) is 0. The summed E-state index contributed by atoms with van der Waals surface area (Å²) in [6.45, 7) is 2.55. The van der Waals surface area contributed by atoms with Crippen LogP contribution >= 0.6 is 11.6 Å². The van der Waals surface area contributed by atoms with Gasteiger partial charge < -0.3 is 10.6 Å². The molecule has 0 spiro atoms. The molecule has 2 N–H and O–H groups in total. The van der Waals surface area contributed by atoms with Crippen LogP contribution in [0.1, 0.15) is 33.8 Å². The molecular formula is C19H21ClN2O. The third-order valence-corrected chi connectivity index (χ3v) is 4.71. The molecule has 3 rings (SSSR count). The number of halogens is 1. The summed E-state index contributed by atoms with van der Waals surface area (Å²) in [5.74, 6) is 0.431. The molecule has 3 nitrogen and oxygen atoms in total. The molecule has 1 amide bonds. The Morgan fingerprint density at radius 2 is 1.96 bits per heavy atom. The first-order valence-corrected chi connectivity index (χ1v) is 8.45. The standard InChI is InChI=1S/C19H21ClN2O/c20-18-8-4-1-5-14(18)10-12-22-19(23)17-7-3-2-6-16(17)15-9-11-21-13-15/h1-8,15,21H,9-13H2,(H,22,23)/t15-/m0/s1. The van der Waals surface area contributed by atoms with Crippen molar-refractivity contribution in [2.24, 2.45) is 0 Å². The van der Waals surface area contributed by atoms with Gasteiger partial charge in [-0.2, -0.15) is 0 Å². The smallest absolute Gasteiger partial charge is 0.251 e. The van der Waals surface area contributed by atoms with Crippen LogP contribution in [0.2, 0.25) is 5.02 Å². The van der Waals surface area contributed by atoms with E-state index in [0.29, 0.717) is 12.5 Å². The van der Waals surface area contributed by atoms with Crippen LogP contribution in [0.3, 0.4) is 0 Å². The quantitative estimate of drug-likeness (QED) is 0.883. The Morgan fingerprint density at radius 3 is 2.74 bits per heavy atom. The molecule has 1 fully saturated rings. The average molecular weight is 329 g/mol. The molecule has 0 aliphatic carbocycles. The molecule has 23 heavy (non-hydrogen) atoms. The highest BCUT2D eigenvalue weighted by Gasteiger charge is 2.21. The highest BCUT2D eigenvalue weighted by atomic mass is 35.5. The summed E-state index contributed by atoms with van der Waals surface area (Å²) in [5.41, 5.74) is 3.00. The van der Waals surface area contributed by atoms with Crippen LogP contribution in [-0.4, -0.2) is 25.5 Å². The minimum atomic E-state index is -0.000413. The first-order chi connectivity index (χ1) is 11.3. The Labute approximate surface area is 142 Å². The third-order valence-electron chi connectivity index (χ3n) is 4.34. The zero-order chi connectivity index (χ0) is 16.1. The van der Waals surface area contributed by atoms with Crippen LogP contribution in [0.5, 0.6) is 0 Å². The maximum atomic E-state index is 12.5. The lowest BCUT2D eigenvalue weighted by atomic mass is 9.93. The SMILES string of the molecule is O=C(NCCc1ccccc1Cl)c1ccccc1[C@H]1CCNC1. The number of hydrogen-bond acceptors (Lipinski definition) is 2. The maximum absolute atomic E-state index is 12.5. The Hall–Kier alpha value is -1.84. The van der Waals surface area contributed by atoms with E-state index in [1.807, 2.05) is 42.5 Å². The minimum Gasteiger partial charge on any atom is -0.352 e. The molecule has 120 valence electrons. The Kier molecular flexibility index (Phi) is 5.31. The summed E-state index contributed by atoms with van der Waals surface area (Å²) in [6.07, 6.45) is 1.82. The highest BCUT2D eigenvalue weighted by Crippen LogP contribution is 2.25. The van der Waals surface area contributed by atoms with Crippen LogP contribution in [0, 0.1) is 0 Å². The molecule has 1 atom stereocenters. The third kappa shape index (κ3) is 3.92. The monoisotopic (exact) mass is 328 g/mol. The van der Waals surface area contributed by atoms with E-state index in [9.17, 15) is 4.79 Å². The topological polar surface area (TPSA) is 41.1 Å². The van der Waals surface area contributed by atoms with Crippen LogP contribution in [0.4, 0.5) is 0 Å². The average Bonchev–Trinajstić information content (AvgIpc) is 3.11. The molecule has 2 aromatic carbocycles. The lowest BCUT2D eigenvalue weighted by molar-refractivity contribution is 0.0953. The predicted octanol–water partition coefficient (Wildman–Crippen LogP) is 3.39. The molecular weight excluding hydrogens is 308 g/mol. The number of benzene rings is 2. The van der Waals surface area contributed by atoms with Crippen molar-refractivity contribution in [1.82, 2.24) is 10.6 Å². The van der Waals surface area contributed by atoms with Gasteiger partial charge in [0.2, 0.25) is 0 Å². The first-order valence-electron chi connectivity index (χ1n) is 8.07. The van der Waals surface area contributed by atoms with E-state index in [4.69, 9.17) is 11.6 Å². The Bertz CT molecular complexity index is 681. The molecule has 2 aromatic rings. The Morgan fingerprint density at radius 1 is 1.17 bits per heavy atom. The van der Waals surface area contributed by atoms with Gasteiger partial charge in [0.15, 0.2) is 0 Å². The number of nitrogens with one attached hydrogen (secondary N) is 2. The van der Waals surface area contributed by atoms with Gasteiger partial charge in [-0.1, -0.05) is 48.0 Å². The fourth-order valence-corrected chi connectivity index (χ4v) is 3.32. The van der Waals surface area contributed by atoms with Crippen molar-refractivity contribution in [3.8, 4) is 0 Å². The van der Waals surface area contributed by atoms with Crippen molar-refractivity contribution in [2.75, 3.05) is 19.6 Å². The predicted molar refractivity (Wildman–Crippen MR) is 94.2 cm³/mol. The molecule has 0 bridgehead atoms. The molecule has 0 unspecified atom stereocenters. The zero-order valence-corrected chi connectivity index (χ0v) is 13.8. The fourth-order valence-electron chi connectivity index (χ4n) is 3.09. The van der Waals surface area contributed by atoms with Crippen molar-refractivity contribution in [1.29, 1.82) is 0 Å². The molecule has 1 heterocycles. The van der Waals surface area contributed by atoms with Crippen molar-refractivity contribution < 1.29 is 4.79 Å². The minimum absolute atomic E-state index is 0.000413. The van der Waals surface area contributed by atoms with E-state index < -0.39 is 0 Å². The maximum Gasteiger partial charge on any atom is 0.251 e. The Balaban J connectivity index is 1.63. The van der Waals surface area contributed by atoms with Crippen LogP contribution in [0.25, 0.3) is 0 Å². The van der Waals surface area contributed by atoms with Crippen molar-refractivity contribution in [3.05, 3.63) is 70.2 Å².